The van der Waals surface area contributed by atoms with Crippen molar-refractivity contribution in [2.75, 3.05) is 26.8 Å². The molecule has 1 aromatic heterocycles. The maximum absolute atomic E-state index is 12.2. The number of carbonyl (C=O) groups is 1. The van der Waals surface area contributed by atoms with Gasteiger partial charge in [-0.05, 0) is 24.5 Å². The second-order valence-corrected chi connectivity index (χ2v) is 7.32. The zero-order valence-electron chi connectivity index (χ0n) is 14.3. The Bertz CT molecular complexity index is 879. The molecular weight excluding hydrogens is 316 g/mol. The van der Waals surface area contributed by atoms with Gasteiger partial charge in [0, 0.05) is 44.4 Å². The van der Waals surface area contributed by atoms with Gasteiger partial charge in [0.2, 0.25) is 0 Å². The highest BCUT2D eigenvalue weighted by molar-refractivity contribution is 5.89. The van der Waals surface area contributed by atoms with Crippen LogP contribution in [0.25, 0.3) is 10.9 Å². The fourth-order valence-corrected chi connectivity index (χ4v) is 4.93. The molecule has 5 rings (SSSR count). The van der Waals surface area contributed by atoms with Crippen LogP contribution in [0.1, 0.15) is 26.6 Å². The van der Waals surface area contributed by atoms with Gasteiger partial charge in [0.05, 0.1) is 31.6 Å². The fourth-order valence-electron chi connectivity index (χ4n) is 4.93. The van der Waals surface area contributed by atoms with E-state index < -0.39 is 0 Å². The summed E-state index contributed by atoms with van der Waals surface area (Å²) in [4.78, 5) is 18.4. The molecule has 1 N–H and O–H groups in total. The van der Waals surface area contributed by atoms with Crippen molar-refractivity contribution in [3.8, 4) is 0 Å². The highest BCUT2D eigenvalue weighted by Crippen LogP contribution is 2.46. The van der Waals surface area contributed by atoms with Gasteiger partial charge in [-0.25, -0.2) is 4.79 Å². The number of aromatic amines is 1. The standard InChI is InChI=1S/C20H22N2O3.2H2/c1-24-20(23)16-11-25-10-12-9-22-7-6-14-13-4-2-3-5-17(13)21-19(14)18(22)8-15(12)16;;/h2-5,11-12,15,18,21H,6-10H2,1H3;2*1H/t12-,15?,18?;;/m1../s1. The Balaban J connectivity index is 0.00000105. The van der Waals surface area contributed by atoms with Crippen LogP contribution in [0, 0.1) is 11.8 Å². The van der Waals surface area contributed by atoms with Gasteiger partial charge >= 0.3 is 5.97 Å². The van der Waals surface area contributed by atoms with Crippen LogP contribution >= 0.6 is 0 Å². The number of H-pyrrole nitrogens is 1. The van der Waals surface area contributed by atoms with E-state index >= 15 is 0 Å². The summed E-state index contributed by atoms with van der Waals surface area (Å²) in [5.74, 6) is 0.317. The molecule has 3 aliphatic rings. The lowest BCUT2D eigenvalue weighted by Gasteiger charge is -2.47. The number of aromatic nitrogens is 1. The summed E-state index contributed by atoms with van der Waals surface area (Å²) in [6.45, 7) is 2.73. The molecule has 1 fully saturated rings. The van der Waals surface area contributed by atoms with E-state index in [1.54, 1.807) is 6.26 Å². The first-order valence-electron chi connectivity index (χ1n) is 8.99. The molecule has 3 atom stereocenters. The van der Waals surface area contributed by atoms with E-state index in [2.05, 4.69) is 34.1 Å². The fraction of sp³-hybridized carbons (Fsp3) is 0.450. The summed E-state index contributed by atoms with van der Waals surface area (Å²) >= 11 is 0. The van der Waals surface area contributed by atoms with Crippen LogP contribution in [0.2, 0.25) is 0 Å². The normalized spacial score (nSPS) is 28.4. The second-order valence-electron chi connectivity index (χ2n) is 7.32. The molecule has 0 radical (unpaired) electrons. The van der Waals surface area contributed by atoms with Gasteiger partial charge in [-0.15, -0.1) is 0 Å². The Labute approximate surface area is 149 Å². The molecule has 1 aromatic carbocycles. The van der Waals surface area contributed by atoms with E-state index in [1.807, 2.05) is 0 Å². The monoisotopic (exact) mass is 342 g/mol. The van der Waals surface area contributed by atoms with Gasteiger partial charge in [-0.3, -0.25) is 4.90 Å². The van der Waals surface area contributed by atoms with Crippen LogP contribution < -0.4 is 0 Å². The van der Waals surface area contributed by atoms with Crippen molar-refractivity contribution in [3.05, 3.63) is 47.4 Å². The molecule has 2 unspecified atom stereocenters. The van der Waals surface area contributed by atoms with Crippen molar-refractivity contribution in [1.82, 2.24) is 9.88 Å². The minimum absolute atomic E-state index is 0. The van der Waals surface area contributed by atoms with Crippen molar-refractivity contribution < 1.29 is 17.1 Å². The average molecular weight is 342 g/mol. The van der Waals surface area contributed by atoms with Crippen molar-refractivity contribution in [3.63, 3.8) is 0 Å². The number of ether oxygens (including phenoxy) is 2. The molecule has 0 saturated carbocycles. The zero-order valence-corrected chi connectivity index (χ0v) is 14.3. The summed E-state index contributed by atoms with van der Waals surface area (Å²) in [5.41, 5.74) is 4.70. The number of hydrogen-bond donors (Lipinski definition) is 1. The summed E-state index contributed by atoms with van der Waals surface area (Å²) < 4.78 is 10.6. The van der Waals surface area contributed by atoms with Gasteiger partial charge in [0.15, 0.2) is 0 Å². The zero-order chi connectivity index (χ0) is 17.0. The van der Waals surface area contributed by atoms with E-state index in [1.165, 1.54) is 29.3 Å². The molecule has 3 aliphatic heterocycles. The molecule has 0 bridgehead atoms. The van der Waals surface area contributed by atoms with Crippen molar-refractivity contribution in [2.45, 2.75) is 18.9 Å². The van der Waals surface area contributed by atoms with E-state index in [4.69, 9.17) is 9.47 Å². The maximum atomic E-state index is 12.2. The molecule has 2 aromatic rings. The number of carbonyl (C=O) groups excluding carboxylic acids is 1. The first-order chi connectivity index (χ1) is 12.3. The lowest BCUT2D eigenvalue weighted by Crippen LogP contribution is -2.49. The van der Waals surface area contributed by atoms with Gasteiger partial charge in [0.1, 0.15) is 0 Å². The highest BCUT2D eigenvalue weighted by atomic mass is 16.5. The first-order valence-corrected chi connectivity index (χ1v) is 8.99. The first kappa shape index (κ1) is 15.0. The smallest absolute Gasteiger partial charge is 0.337 e. The number of rotatable bonds is 1. The molecular formula is C20H26N2O3. The molecule has 134 valence electrons. The number of fused-ring (bicyclic) bond motifs is 6. The predicted molar refractivity (Wildman–Crippen MR) is 98.2 cm³/mol. The number of esters is 1. The summed E-state index contributed by atoms with van der Waals surface area (Å²) in [6.07, 6.45) is 3.64. The number of piperidine rings is 1. The van der Waals surface area contributed by atoms with E-state index in [0.717, 1.165) is 25.9 Å². The Morgan fingerprint density at radius 1 is 1.40 bits per heavy atom. The molecule has 0 aliphatic carbocycles. The second kappa shape index (κ2) is 5.63. The Morgan fingerprint density at radius 3 is 3.16 bits per heavy atom. The topological polar surface area (TPSA) is 54.6 Å². The Hall–Kier alpha value is -2.27. The Morgan fingerprint density at radius 2 is 2.28 bits per heavy atom. The SMILES string of the molecule is COC(=O)C1=COC[C@H]2CN3CCc4c([nH]c5ccccc45)C3CC12.[HH].[HH]. The number of benzene rings is 1. The molecule has 5 nitrogen and oxygen atoms in total. The third-order valence-corrected chi connectivity index (χ3v) is 6.13. The quantitative estimate of drug-likeness (QED) is 0.808. The molecule has 0 spiro atoms. The number of hydrogen-bond acceptors (Lipinski definition) is 4. The molecule has 0 amide bonds. The number of nitrogens with zero attached hydrogens (tertiary/aromatic N) is 1. The lowest BCUT2D eigenvalue weighted by molar-refractivity contribution is -0.138. The summed E-state index contributed by atoms with van der Waals surface area (Å²) in [6, 6.07) is 8.88. The number of methoxy groups -OCH3 is 1. The van der Waals surface area contributed by atoms with Gasteiger partial charge in [-0.1, -0.05) is 18.2 Å². The summed E-state index contributed by atoms with van der Waals surface area (Å²) in [7, 11) is 1.44. The Kier molecular flexibility index (Phi) is 3.38. The van der Waals surface area contributed by atoms with E-state index in [0.29, 0.717) is 24.1 Å². The van der Waals surface area contributed by atoms with Crippen LogP contribution in [-0.4, -0.2) is 42.7 Å². The molecule has 5 heteroatoms. The van der Waals surface area contributed by atoms with Crippen LogP contribution in [-0.2, 0) is 20.7 Å². The number of nitrogens with one attached hydrogen (secondary N) is 1. The third kappa shape index (κ3) is 2.22. The van der Waals surface area contributed by atoms with Crippen LogP contribution in [0.3, 0.4) is 0 Å². The molecule has 1 saturated heterocycles. The van der Waals surface area contributed by atoms with Crippen molar-refractivity contribution >= 4 is 16.9 Å². The van der Waals surface area contributed by atoms with Crippen molar-refractivity contribution in [1.29, 1.82) is 0 Å². The van der Waals surface area contributed by atoms with Crippen LogP contribution in [0.15, 0.2) is 36.1 Å². The van der Waals surface area contributed by atoms with Crippen LogP contribution in [0.5, 0.6) is 0 Å². The summed E-state index contributed by atoms with van der Waals surface area (Å²) in [5, 5.41) is 1.34. The average Bonchev–Trinajstić information content (AvgIpc) is 3.04. The third-order valence-electron chi connectivity index (χ3n) is 6.13. The van der Waals surface area contributed by atoms with Crippen molar-refractivity contribution in [2.24, 2.45) is 11.8 Å². The predicted octanol–water partition coefficient (Wildman–Crippen LogP) is 3.28. The largest absolute Gasteiger partial charge is 0.500 e. The number of para-hydroxylation sites is 1. The van der Waals surface area contributed by atoms with Gasteiger partial charge in [-0.2, -0.15) is 0 Å². The van der Waals surface area contributed by atoms with Gasteiger partial charge in [0.25, 0.3) is 0 Å². The molecule has 25 heavy (non-hydrogen) atoms. The maximum Gasteiger partial charge on any atom is 0.337 e. The van der Waals surface area contributed by atoms with E-state index in [-0.39, 0.29) is 14.7 Å². The minimum Gasteiger partial charge on any atom is -0.500 e. The molecule has 4 heterocycles. The van der Waals surface area contributed by atoms with Gasteiger partial charge < -0.3 is 14.5 Å². The minimum atomic E-state index is -0.254. The highest BCUT2D eigenvalue weighted by Gasteiger charge is 2.44. The lowest BCUT2D eigenvalue weighted by atomic mass is 9.74. The van der Waals surface area contributed by atoms with Crippen LogP contribution in [0.4, 0.5) is 0 Å². The van der Waals surface area contributed by atoms with E-state index in [9.17, 15) is 4.79 Å².